The van der Waals surface area contributed by atoms with Gasteiger partial charge in [-0.25, -0.2) is 4.98 Å². The molecule has 2 aromatic carbocycles. The number of pyridine rings is 1. The lowest BCUT2D eigenvalue weighted by Gasteiger charge is -2.08. The lowest BCUT2D eigenvalue weighted by molar-refractivity contribution is -0.113. The van der Waals surface area contributed by atoms with Crippen LogP contribution in [0.15, 0.2) is 59.6 Å². The number of benzene rings is 2. The Labute approximate surface area is 145 Å². The third-order valence-electron chi connectivity index (χ3n) is 3.61. The van der Waals surface area contributed by atoms with Gasteiger partial charge in [-0.05, 0) is 42.8 Å². The summed E-state index contributed by atoms with van der Waals surface area (Å²) in [5.74, 6) is 1.05. The van der Waals surface area contributed by atoms with Gasteiger partial charge in [0.1, 0.15) is 5.75 Å². The largest absolute Gasteiger partial charge is 0.497 e. The van der Waals surface area contributed by atoms with Gasteiger partial charge in [-0.15, -0.1) is 0 Å². The molecule has 0 saturated carbocycles. The number of methoxy groups -OCH3 is 1. The highest BCUT2D eigenvalue weighted by molar-refractivity contribution is 7.99. The van der Waals surface area contributed by atoms with Gasteiger partial charge in [0.05, 0.1) is 23.4 Å². The van der Waals surface area contributed by atoms with E-state index in [2.05, 4.69) is 10.3 Å². The number of hydrogen-bond acceptors (Lipinski definition) is 4. The molecule has 122 valence electrons. The molecule has 0 atom stereocenters. The fraction of sp³-hybridized carbons (Fsp3) is 0.158. The SMILES string of the molecule is COc1ccc2c(C)cc(SCC(=O)Nc3ccccc3)nc2c1. The van der Waals surface area contributed by atoms with Crippen LogP contribution in [0.5, 0.6) is 5.75 Å². The molecular weight excluding hydrogens is 320 g/mol. The molecule has 0 unspecified atom stereocenters. The van der Waals surface area contributed by atoms with Crippen LogP contribution in [0.1, 0.15) is 5.56 Å². The van der Waals surface area contributed by atoms with Gasteiger partial charge in [0.2, 0.25) is 5.91 Å². The van der Waals surface area contributed by atoms with E-state index >= 15 is 0 Å². The molecular formula is C19H18N2O2S. The van der Waals surface area contributed by atoms with Crippen molar-refractivity contribution in [3.63, 3.8) is 0 Å². The first-order valence-corrected chi connectivity index (χ1v) is 8.57. The Kier molecular flexibility index (Phi) is 5.01. The fourth-order valence-electron chi connectivity index (χ4n) is 2.41. The number of rotatable bonds is 5. The number of aryl methyl sites for hydroxylation is 1. The van der Waals surface area contributed by atoms with Gasteiger partial charge in [0.25, 0.3) is 0 Å². The summed E-state index contributed by atoms with van der Waals surface area (Å²) in [6.45, 7) is 2.05. The predicted octanol–water partition coefficient (Wildman–Crippen LogP) is 4.28. The second kappa shape index (κ2) is 7.36. The first-order chi connectivity index (χ1) is 11.7. The molecule has 0 saturated heterocycles. The minimum Gasteiger partial charge on any atom is -0.497 e. The number of nitrogens with one attached hydrogen (secondary N) is 1. The van der Waals surface area contributed by atoms with Crippen molar-refractivity contribution in [1.29, 1.82) is 0 Å². The van der Waals surface area contributed by atoms with Gasteiger partial charge in [-0.1, -0.05) is 30.0 Å². The zero-order chi connectivity index (χ0) is 16.9. The van der Waals surface area contributed by atoms with E-state index in [0.29, 0.717) is 5.75 Å². The highest BCUT2D eigenvalue weighted by atomic mass is 32.2. The van der Waals surface area contributed by atoms with E-state index in [4.69, 9.17) is 4.74 Å². The van der Waals surface area contributed by atoms with Crippen LogP contribution >= 0.6 is 11.8 Å². The molecule has 0 spiro atoms. The van der Waals surface area contributed by atoms with E-state index < -0.39 is 0 Å². The number of ether oxygens (including phenoxy) is 1. The smallest absolute Gasteiger partial charge is 0.234 e. The number of thioether (sulfide) groups is 1. The number of aromatic nitrogens is 1. The van der Waals surface area contributed by atoms with Crippen molar-refractivity contribution < 1.29 is 9.53 Å². The molecule has 5 heteroatoms. The van der Waals surface area contributed by atoms with Crippen LogP contribution in [0.2, 0.25) is 0 Å². The number of carbonyl (C=O) groups is 1. The van der Waals surface area contributed by atoms with Crippen LogP contribution in [0.25, 0.3) is 10.9 Å². The first kappa shape index (κ1) is 16.3. The van der Waals surface area contributed by atoms with Crippen molar-refractivity contribution in [1.82, 2.24) is 4.98 Å². The standard InChI is InChI=1S/C19H18N2O2S/c1-13-10-19(21-17-11-15(23-2)8-9-16(13)17)24-12-18(22)20-14-6-4-3-5-7-14/h3-11H,12H2,1-2H3,(H,20,22). The van der Waals surface area contributed by atoms with Gasteiger partial charge in [-0.3, -0.25) is 4.79 Å². The molecule has 0 bridgehead atoms. The number of nitrogens with zero attached hydrogens (tertiary/aromatic N) is 1. The van der Waals surface area contributed by atoms with E-state index in [1.165, 1.54) is 11.8 Å². The van der Waals surface area contributed by atoms with E-state index in [1.807, 2.05) is 61.5 Å². The van der Waals surface area contributed by atoms with Crippen molar-refractivity contribution in [3.8, 4) is 5.75 Å². The molecule has 0 fully saturated rings. The minimum absolute atomic E-state index is 0.0450. The van der Waals surface area contributed by atoms with Gasteiger partial charge in [-0.2, -0.15) is 0 Å². The van der Waals surface area contributed by atoms with E-state index in [-0.39, 0.29) is 5.91 Å². The molecule has 24 heavy (non-hydrogen) atoms. The van der Waals surface area contributed by atoms with Crippen LogP contribution in [0.4, 0.5) is 5.69 Å². The van der Waals surface area contributed by atoms with Gasteiger partial charge in [0, 0.05) is 17.1 Å². The Morgan fingerprint density at radius 2 is 1.96 bits per heavy atom. The summed E-state index contributed by atoms with van der Waals surface area (Å²) in [4.78, 5) is 16.7. The molecule has 3 rings (SSSR count). The summed E-state index contributed by atoms with van der Waals surface area (Å²) in [6.07, 6.45) is 0. The lowest BCUT2D eigenvalue weighted by atomic mass is 10.1. The maximum Gasteiger partial charge on any atom is 0.234 e. The molecule has 4 nitrogen and oxygen atoms in total. The van der Waals surface area contributed by atoms with Crippen molar-refractivity contribution in [3.05, 3.63) is 60.2 Å². The Morgan fingerprint density at radius 1 is 1.17 bits per heavy atom. The summed E-state index contributed by atoms with van der Waals surface area (Å²) in [5, 5.41) is 4.80. The van der Waals surface area contributed by atoms with Crippen LogP contribution in [-0.4, -0.2) is 23.8 Å². The Hall–Kier alpha value is -2.53. The summed E-state index contributed by atoms with van der Waals surface area (Å²) >= 11 is 1.43. The monoisotopic (exact) mass is 338 g/mol. The van der Waals surface area contributed by atoms with Crippen molar-refractivity contribution >= 4 is 34.3 Å². The molecule has 1 amide bonds. The summed E-state index contributed by atoms with van der Waals surface area (Å²) < 4.78 is 5.26. The Morgan fingerprint density at radius 3 is 2.71 bits per heavy atom. The number of para-hydroxylation sites is 1. The molecule has 1 heterocycles. The summed E-state index contributed by atoms with van der Waals surface area (Å²) in [7, 11) is 1.64. The van der Waals surface area contributed by atoms with Crippen molar-refractivity contribution in [2.75, 3.05) is 18.2 Å². The maximum absolute atomic E-state index is 12.1. The summed E-state index contributed by atoms with van der Waals surface area (Å²) in [6, 6.07) is 17.3. The van der Waals surface area contributed by atoms with Crippen LogP contribution < -0.4 is 10.1 Å². The molecule has 0 aliphatic carbocycles. The average Bonchev–Trinajstić information content (AvgIpc) is 2.60. The molecule has 0 radical (unpaired) electrons. The molecule has 0 aliphatic heterocycles. The third-order valence-corrected chi connectivity index (χ3v) is 4.52. The van der Waals surface area contributed by atoms with Gasteiger partial charge < -0.3 is 10.1 Å². The second-order valence-corrected chi connectivity index (χ2v) is 6.36. The van der Waals surface area contributed by atoms with E-state index in [1.54, 1.807) is 7.11 Å². The van der Waals surface area contributed by atoms with Crippen molar-refractivity contribution in [2.24, 2.45) is 0 Å². The van der Waals surface area contributed by atoms with Crippen LogP contribution in [0.3, 0.4) is 0 Å². The predicted molar refractivity (Wildman–Crippen MR) is 98.8 cm³/mol. The maximum atomic E-state index is 12.1. The number of fused-ring (bicyclic) bond motifs is 1. The zero-order valence-electron chi connectivity index (χ0n) is 13.6. The molecule has 0 aliphatic rings. The van der Waals surface area contributed by atoms with Gasteiger partial charge >= 0.3 is 0 Å². The molecule has 1 N–H and O–H groups in total. The van der Waals surface area contributed by atoms with Crippen molar-refractivity contribution in [2.45, 2.75) is 11.9 Å². The Bertz CT molecular complexity index is 866. The second-order valence-electron chi connectivity index (χ2n) is 5.36. The quantitative estimate of drug-likeness (QED) is 0.705. The van der Waals surface area contributed by atoms with Crippen LogP contribution in [0, 0.1) is 6.92 Å². The zero-order valence-corrected chi connectivity index (χ0v) is 14.4. The first-order valence-electron chi connectivity index (χ1n) is 7.59. The lowest BCUT2D eigenvalue weighted by Crippen LogP contribution is -2.13. The average molecular weight is 338 g/mol. The van der Waals surface area contributed by atoms with Crippen LogP contribution in [-0.2, 0) is 4.79 Å². The third kappa shape index (κ3) is 3.86. The number of carbonyl (C=O) groups excluding carboxylic acids is 1. The van der Waals surface area contributed by atoms with E-state index in [9.17, 15) is 4.79 Å². The summed E-state index contributed by atoms with van der Waals surface area (Å²) in [5.41, 5.74) is 2.81. The molecule has 3 aromatic rings. The van der Waals surface area contributed by atoms with E-state index in [0.717, 1.165) is 32.9 Å². The highest BCUT2D eigenvalue weighted by Gasteiger charge is 2.08. The fourth-order valence-corrected chi connectivity index (χ4v) is 3.18. The number of hydrogen-bond donors (Lipinski definition) is 1. The van der Waals surface area contributed by atoms with Gasteiger partial charge in [0.15, 0.2) is 0 Å². The topological polar surface area (TPSA) is 51.2 Å². The number of anilines is 1. The Balaban J connectivity index is 1.71. The highest BCUT2D eigenvalue weighted by Crippen LogP contribution is 2.26. The number of amides is 1. The minimum atomic E-state index is -0.0450. The molecule has 1 aromatic heterocycles. The normalized spacial score (nSPS) is 10.6.